The molecule has 0 atom stereocenters. The zero-order chi connectivity index (χ0) is 18.7. The highest BCUT2D eigenvalue weighted by Crippen LogP contribution is 2.32. The molecule has 3 rings (SSSR count). The van der Waals surface area contributed by atoms with Crippen molar-refractivity contribution >= 4 is 18.4 Å². The van der Waals surface area contributed by atoms with E-state index < -0.39 is 8.07 Å². The molecule has 0 fully saturated rings. The Labute approximate surface area is 157 Å². The first-order valence-electron chi connectivity index (χ1n) is 8.97. The smallest absolute Gasteiger partial charge is 0.156 e. The third-order valence-electron chi connectivity index (χ3n) is 5.35. The predicted molar refractivity (Wildman–Crippen MR) is 112 cm³/mol. The minimum atomic E-state index is -2.04. The Hall–Kier alpha value is -2.52. The highest BCUT2D eigenvalue weighted by Gasteiger charge is 2.33. The fourth-order valence-electron chi connectivity index (χ4n) is 3.35. The maximum Gasteiger partial charge on any atom is 0.156 e. The van der Waals surface area contributed by atoms with Crippen molar-refractivity contribution in [3.05, 3.63) is 83.4 Å². The van der Waals surface area contributed by atoms with Crippen molar-refractivity contribution in [2.75, 3.05) is 6.23 Å². The SMILES string of the molecule is Cc1cc(OC[Si](C)(c2ccccc2)c2ccccc2)c(C)c(C)c1O. The molecule has 0 radical (unpaired) electrons. The summed E-state index contributed by atoms with van der Waals surface area (Å²) in [5.41, 5.74) is 2.75. The van der Waals surface area contributed by atoms with Crippen LogP contribution in [-0.2, 0) is 0 Å². The lowest BCUT2D eigenvalue weighted by Crippen LogP contribution is -2.60. The number of hydrogen-bond acceptors (Lipinski definition) is 2. The number of aryl methyl sites for hydroxylation is 1. The molecule has 2 nitrogen and oxygen atoms in total. The summed E-state index contributed by atoms with van der Waals surface area (Å²) in [6.45, 7) is 8.22. The Bertz CT molecular complexity index is 850. The van der Waals surface area contributed by atoms with Gasteiger partial charge in [0.2, 0.25) is 0 Å². The van der Waals surface area contributed by atoms with Gasteiger partial charge in [0.25, 0.3) is 0 Å². The lowest BCUT2D eigenvalue weighted by molar-refractivity contribution is 0.374. The van der Waals surface area contributed by atoms with Crippen LogP contribution >= 0.6 is 0 Å². The molecular formula is C23H26O2Si. The highest BCUT2D eigenvalue weighted by atomic mass is 28.3. The van der Waals surface area contributed by atoms with Crippen LogP contribution in [0.15, 0.2) is 66.7 Å². The molecule has 0 aliphatic heterocycles. The van der Waals surface area contributed by atoms with Crippen molar-refractivity contribution in [1.82, 2.24) is 0 Å². The third kappa shape index (κ3) is 3.40. The number of hydrogen-bond donors (Lipinski definition) is 1. The molecule has 0 unspecified atom stereocenters. The molecule has 0 aliphatic rings. The fraction of sp³-hybridized carbons (Fsp3) is 0.217. The normalized spacial score (nSPS) is 11.4. The standard InChI is InChI=1S/C23H26O2Si/c1-17-15-22(18(2)19(3)23(17)24)25-16-26(4,20-11-7-5-8-12-20)21-13-9-6-10-14-21/h5-15,24H,16H2,1-4H3. The van der Waals surface area contributed by atoms with Crippen molar-refractivity contribution in [3.63, 3.8) is 0 Å². The minimum absolute atomic E-state index is 0.362. The average Bonchev–Trinajstić information content (AvgIpc) is 2.69. The van der Waals surface area contributed by atoms with E-state index in [0.717, 1.165) is 22.4 Å². The monoisotopic (exact) mass is 362 g/mol. The van der Waals surface area contributed by atoms with E-state index in [-0.39, 0.29) is 0 Å². The van der Waals surface area contributed by atoms with Crippen molar-refractivity contribution < 1.29 is 9.84 Å². The Morgan fingerprint density at radius 2 is 1.31 bits per heavy atom. The zero-order valence-corrected chi connectivity index (χ0v) is 16.9. The molecule has 3 aromatic carbocycles. The summed E-state index contributed by atoms with van der Waals surface area (Å²) in [4.78, 5) is 0. The second-order valence-corrected chi connectivity index (χ2v) is 11.3. The van der Waals surface area contributed by atoms with Gasteiger partial charge in [0.05, 0.1) is 6.23 Å². The number of benzene rings is 3. The maximum atomic E-state index is 10.1. The number of rotatable bonds is 5. The first kappa shape index (κ1) is 18.3. The van der Waals surface area contributed by atoms with Crippen molar-refractivity contribution in [2.45, 2.75) is 27.3 Å². The molecule has 0 amide bonds. The molecule has 3 aromatic rings. The van der Waals surface area contributed by atoms with E-state index in [0.29, 0.717) is 12.0 Å². The molecule has 26 heavy (non-hydrogen) atoms. The van der Waals surface area contributed by atoms with Gasteiger partial charge in [-0.25, -0.2) is 0 Å². The van der Waals surface area contributed by atoms with E-state index in [1.54, 1.807) is 0 Å². The first-order valence-corrected chi connectivity index (χ1v) is 11.7. The Morgan fingerprint density at radius 3 is 1.81 bits per heavy atom. The predicted octanol–water partition coefficient (Wildman–Crippen LogP) is 4.13. The summed E-state index contributed by atoms with van der Waals surface area (Å²) in [7, 11) is -2.04. The van der Waals surface area contributed by atoms with Crippen molar-refractivity contribution in [2.24, 2.45) is 0 Å². The highest BCUT2D eigenvalue weighted by molar-refractivity contribution is 7.01. The van der Waals surface area contributed by atoms with E-state index in [1.165, 1.54) is 10.4 Å². The quantitative estimate of drug-likeness (QED) is 0.692. The first-order chi connectivity index (χ1) is 12.4. The van der Waals surface area contributed by atoms with Crippen molar-refractivity contribution in [3.8, 4) is 11.5 Å². The summed E-state index contributed by atoms with van der Waals surface area (Å²) < 4.78 is 6.38. The van der Waals surface area contributed by atoms with E-state index in [9.17, 15) is 5.11 Å². The molecule has 0 saturated heterocycles. The van der Waals surface area contributed by atoms with Crippen LogP contribution < -0.4 is 15.1 Å². The molecule has 134 valence electrons. The van der Waals surface area contributed by atoms with Gasteiger partial charge in [-0.05, 0) is 43.5 Å². The Balaban J connectivity index is 1.99. The summed E-state index contributed by atoms with van der Waals surface area (Å²) in [6, 6.07) is 23.3. The van der Waals surface area contributed by atoms with Crippen LogP contribution in [0.2, 0.25) is 6.55 Å². The summed E-state index contributed by atoms with van der Waals surface area (Å²) >= 11 is 0. The van der Waals surface area contributed by atoms with Gasteiger partial charge < -0.3 is 9.84 Å². The van der Waals surface area contributed by atoms with Crippen LogP contribution in [0, 0.1) is 20.8 Å². The average molecular weight is 363 g/mol. The molecular weight excluding hydrogens is 336 g/mol. The van der Waals surface area contributed by atoms with Crippen molar-refractivity contribution in [1.29, 1.82) is 0 Å². The lowest BCUT2D eigenvalue weighted by atomic mass is 10.0. The third-order valence-corrected chi connectivity index (χ3v) is 9.28. The summed E-state index contributed by atoms with van der Waals surface area (Å²) in [5.74, 6) is 1.23. The second kappa shape index (κ2) is 7.38. The largest absolute Gasteiger partial charge is 0.507 e. The topological polar surface area (TPSA) is 29.5 Å². The van der Waals surface area contributed by atoms with Gasteiger partial charge in [-0.2, -0.15) is 0 Å². The van der Waals surface area contributed by atoms with Gasteiger partial charge >= 0.3 is 0 Å². The Kier molecular flexibility index (Phi) is 5.19. The van der Waals surface area contributed by atoms with Gasteiger partial charge in [-0.1, -0.05) is 77.6 Å². The number of phenols is 1. The van der Waals surface area contributed by atoms with Crippen LogP contribution in [0.3, 0.4) is 0 Å². The summed E-state index contributed by atoms with van der Waals surface area (Å²) in [5, 5.41) is 12.9. The minimum Gasteiger partial charge on any atom is -0.507 e. The van der Waals surface area contributed by atoms with Crippen LogP contribution in [0.25, 0.3) is 0 Å². The molecule has 0 bridgehead atoms. The van der Waals surface area contributed by atoms with Gasteiger partial charge in [0.15, 0.2) is 8.07 Å². The van der Waals surface area contributed by atoms with E-state index in [1.807, 2.05) is 26.8 Å². The van der Waals surface area contributed by atoms with E-state index in [2.05, 4.69) is 67.2 Å². The van der Waals surface area contributed by atoms with Gasteiger partial charge in [-0.15, -0.1) is 0 Å². The lowest BCUT2D eigenvalue weighted by Gasteiger charge is -2.29. The summed E-state index contributed by atoms with van der Waals surface area (Å²) in [6.07, 6.45) is 0.658. The Morgan fingerprint density at radius 1 is 0.808 bits per heavy atom. The molecule has 0 aromatic heterocycles. The zero-order valence-electron chi connectivity index (χ0n) is 15.9. The molecule has 0 spiro atoms. The second-order valence-electron chi connectivity index (χ2n) is 7.14. The molecule has 0 heterocycles. The van der Waals surface area contributed by atoms with Gasteiger partial charge in [0, 0.05) is 0 Å². The molecule has 3 heteroatoms. The van der Waals surface area contributed by atoms with Gasteiger partial charge in [-0.3, -0.25) is 0 Å². The van der Waals surface area contributed by atoms with Crippen LogP contribution in [0.4, 0.5) is 0 Å². The van der Waals surface area contributed by atoms with Gasteiger partial charge in [0.1, 0.15) is 11.5 Å². The number of aromatic hydroxyl groups is 1. The van der Waals surface area contributed by atoms with E-state index >= 15 is 0 Å². The molecule has 0 aliphatic carbocycles. The van der Waals surface area contributed by atoms with Crippen LogP contribution in [-0.4, -0.2) is 19.4 Å². The molecule has 0 saturated carbocycles. The van der Waals surface area contributed by atoms with E-state index in [4.69, 9.17) is 4.74 Å². The maximum absolute atomic E-state index is 10.1. The molecule has 1 N–H and O–H groups in total. The van der Waals surface area contributed by atoms with Crippen LogP contribution in [0.5, 0.6) is 11.5 Å². The van der Waals surface area contributed by atoms with Crippen LogP contribution in [0.1, 0.15) is 16.7 Å². The fourth-order valence-corrected chi connectivity index (χ4v) is 6.32. The number of ether oxygens (including phenoxy) is 1. The number of phenolic OH excluding ortho intramolecular Hbond substituents is 1.